The van der Waals surface area contributed by atoms with Crippen LogP contribution >= 0.6 is 12.4 Å². The van der Waals surface area contributed by atoms with Crippen LogP contribution in [0.4, 0.5) is 4.39 Å². The zero-order valence-electron chi connectivity index (χ0n) is 20.6. The number of hydrogen-bond acceptors (Lipinski definition) is 4. The van der Waals surface area contributed by atoms with E-state index in [0.717, 1.165) is 16.5 Å². The molecule has 0 atom stereocenters. The molecule has 8 heteroatoms. The van der Waals surface area contributed by atoms with Crippen molar-refractivity contribution >= 4 is 29.2 Å². The number of carbonyl (C=O) groups excluding carboxylic acids is 1. The van der Waals surface area contributed by atoms with Crippen LogP contribution in [0.2, 0.25) is 0 Å². The third kappa shape index (κ3) is 5.80. The van der Waals surface area contributed by atoms with Gasteiger partial charge in [0.25, 0.3) is 5.91 Å². The fraction of sp³-hybridized carbons (Fsp3) is 0.444. The van der Waals surface area contributed by atoms with E-state index in [1.54, 1.807) is 13.2 Å². The summed E-state index contributed by atoms with van der Waals surface area (Å²) in [5.41, 5.74) is 8.97. The highest BCUT2D eigenvalue weighted by atomic mass is 35.5. The monoisotopic (exact) mass is 503 g/mol. The summed E-state index contributed by atoms with van der Waals surface area (Å²) >= 11 is 0. The Kier molecular flexibility index (Phi) is 9.16. The summed E-state index contributed by atoms with van der Waals surface area (Å²) in [5.74, 6) is 0.579. The molecule has 0 saturated carbocycles. The number of benzene rings is 2. The lowest BCUT2D eigenvalue weighted by Gasteiger charge is -2.32. The number of nitrogens with zero attached hydrogens (tertiary/aromatic N) is 2. The summed E-state index contributed by atoms with van der Waals surface area (Å²) in [5, 5.41) is 0.834. The highest BCUT2D eigenvalue weighted by molar-refractivity contribution is 6.09. The lowest BCUT2D eigenvalue weighted by molar-refractivity contribution is 0.0713. The van der Waals surface area contributed by atoms with Gasteiger partial charge in [0.2, 0.25) is 0 Å². The molecular weight excluding hydrogens is 469 g/mol. The number of amides is 1. The van der Waals surface area contributed by atoms with Crippen LogP contribution in [0.1, 0.15) is 54.1 Å². The second-order valence-corrected chi connectivity index (χ2v) is 9.17. The van der Waals surface area contributed by atoms with Crippen LogP contribution in [0.3, 0.4) is 0 Å². The molecule has 1 amide bonds. The number of hydrogen-bond donors (Lipinski definition) is 1. The summed E-state index contributed by atoms with van der Waals surface area (Å²) < 4.78 is 27.9. The molecule has 1 fully saturated rings. The number of aromatic nitrogens is 1. The van der Waals surface area contributed by atoms with Crippen LogP contribution < -0.4 is 10.5 Å². The molecule has 1 saturated heterocycles. The maximum Gasteiger partial charge on any atom is 0.256 e. The summed E-state index contributed by atoms with van der Waals surface area (Å²) in [6, 6.07) is 11.0. The summed E-state index contributed by atoms with van der Waals surface area (Å²) in [6.07, 6.45) is 3.34. The van der Waals surface area contributed by atoms with E-state index in [1.165, 1.54) is 6.07 Å². The van der Waals surface area contributed by atoms with Crippen molar-refractivity contribution in [2.75, 3.05) is 26.8 Å². The third-order valence-electron chi connectivity index (χ3n) is 6.52. The normalized spacial score (nSPS) is 14.4. The standard InChI is InChI=1S/C27H34FN3O3.ClH/c1-18(2)34-25-6-4-5-24-26(25)22(17-31(24)13-14-33-3)27(32)30-11-9-20(10-12-30)21-15-19(16-29)7-8-23(21)28;/h4-8,15,17-18,20H,9-14,16,29H2,1-3H3;1H. The molecule has 4 rings (SSSR count). The predicted octanol–water partition coefficient (Wildman–Crippen LogP) is 5.11. The van der Waals surface area contributed by atoms with Crippen molar-refractivity contribution in [2.45, 2.75) is 51.8 Å². The zero-order chi connectivity index (χ0) is 24.2. The Morgan fingerprint density at radius 3 is 2.60 bits per heavy atom. The number of fused-ring (bicyclic) bond motifs is 1. The molecule has 1 aliphatic heterocycles. The average Bonchev–Trinajstić information content (AvgIpc) is 3.22. The molecule has 2 heterocycles. The van der Waals surface area contributed by atoms with Crippen molar-refractivity contribution < 1.29 is 18.7 Å². The Balaban J connectivity index is 0.00000342. The lowest BCUT2D eigenvalue weighted by Crippen LogP contribution is -2.38. The highest BCUT2D eigenvalue weighted by Crippen LogP contribution is 2.35. The Bertz CT molecular complexity index is 1160. The Morgan fingerprint density at radius 1 is 1.20 bits per heavy atom. The molecule has 0 unspecified atom stereocenters. The number of halogens is 2. The van der Waals surface area contributed by atoms with E-state index >= 15 is 0 Å². The van der Waals surface area contributed by atoms with Gasteiger partial charge in [0.15, 0.2) is 0 Å². The van der Waals surface area contributed by atoms with Gasteiger partial charge in [-0.25, -0.2) is 4.39 Å². The number of carbonyl (C=O) groups is 1. The first kappa shape index (κ1) is 27.0. The highest BCUT2D eigenvalue weighted by Gasteiger charge is 2.29. The molecule has 2 aromatic carbocycles. The Hall–Kier alpha value is -2.61. The van der Waals surface area contributed by atoms with Crippen LogP contribution in [0, 0.1) is 5.82 Å². The van der Waals surface area contributed by atoms with Crippen molar-refractivity contribution in [3.63, 3.8) is 0 Å². The van der Waals surface area contributed by atoms with E-state index in [1.807, 2.05) is 49.2 Å². The molecule has 1 aromatic heterocycles. The first-order chi connectivity index (χ1) is 16.4. The van der Waals surface area contributed by atoms with Crippen molar-refractivity contribution in [3.05, 3.63) is 65.1 Å². The van der Waals surface area contributed by atoms with Crippen LogP contribution in [0.5, 0.6) is 5.75 Å². The van der Waals surface area contributed by atoms with E-state index in [-0.39, 0.29) is 36.2 Å². The molecule has 2 N–H and O–H groups in total. The second-order valence-electron chi connectivity index (χ2n) is 9.17. The first-order valence-corrected chi connectivity index (χ1v) is 12.0. The van der Waals surface area contributed by atoms with E-state index < -0.39 is 0 Å². The van der Waals surface area contributed by atoms with Gasteiger partial charge in [-0.15, -0.1) is 12.4 Å². The van der Waals surface area contributed by atoms with Crippen LogP contribution in [-0.2, 0) is 17.8 Å². The van der Waals surface area contributed by atoms with Gasteiger partial charge in [0, 0.05) is 39.5 Å². The molecule has 0 radical (unpaired) electrons. The van der Waals surface area contributed by atoms with Crippen molar-refractivity contribution in [1.29, 1.82) is 0 Å². The number of nitrogens with two attached hydrogens (primary N) is 1. The molecule has 1 aliphatic rings. The van der Waals surface area contributed by atoms with Gasteiger partial charge < -0.3 is 24.7 Å². The van der Waals surface area contributed by atoms with Gasteiger partial charge in [0.05, 0.1) is 29.2 Å². The number of ether oxygens (including phenoxy) is 2. The molecule has 0 aliphatic carbocycles. The second kappa shape index (κ2) is 11.9. The quantitative estimate of drug-likeness (QED) is 0.463. The average molecular weight is 504 g/mol. The van der Waals surface area contributed by atoms with Gasteiger partial charge in [0.1, 0.15) is 11.6 Å². The van der Waals surface area contributed by atoms with Crippen molar-refractivity contribution in [3.8, 4) is 5.75 Å². The molecule has 190 valence electrons. The number of methoxy groups -OCH3 is 1. The molecule has 0 spiro atoms. The van der Waals surface area contributed by atoms with Crippen LogP contribution in [0.25, 0.3) is 10.9 Å². The minimum Gasteiger partial charge on any atom is -0.490 e. The van der Waals surface area contributed by atoms with Gasteiger partial charge in [-0.3, -0.25) is 4.79 Å². The topological polar surface area (TPSA) is 69.7 Å². The Morgan fingerprint density at radius 2 is 1.94 bits per heavy atom. The smallest absolute Gasteiger partial charge is 0.256 e. The van der Waals surface area contributed by atoms with Crippen LogP contribution in [-0.4, -0.2) is 48.3 Å². The minimum absolute atomic E-state index is 0. The SMILES string of the molecule is COCCn1cc(C(=O)N2CCC(c3cc(CN)ccc3F)CC2)c2c(OC(C)C)cccc21.Cl. The van der Waals surface area contributed by atoms with E-state index in [4.69, 9.17) is 15.2 Å². The molecule has 0 bridgehead atoms. The van der Waals surface area contributed by atoms with Crippen LogP contribution in [0.15, 0.2) is 42.6 Å². The van der Waals surface area contributed by atoms with Gasteiger partial charge in [-0.05, 0) is 61.9 Å². The fourth-order valence-corrected chi connectivity index (χ4v) is 4.81. The first-order valence-electron chi connectivity index (χ1n) is 12.0. The maximum atomic E-state index is 14.5. The third-order valence-corrected chi connectivity index (χ3v) is 6.52. The number of piperidine rings is 1. The zero-order valence-corrected chi connectivity index (χ0v) is 21.4. The number of rotatable bonds is 8. The molecule has 6 nitrogen and oxygen atoms in total. The number of likely N-dealkylation sites (tertiary alicyclic amines) is 1. The predicted molar refractivity (Wildman–Crippen MR) is 139 cm³/mol. The van der Waals surface area contributed by atoms with Gasteiger partial charge in [-0.2, -0.15) is 0 Å². The Labute approximate surface area is 212 Å². The van der Waals surface area contributed by atoms with E-state index in [2.05, 4.69) is 4.57 Å². The molecular formula is C27H35ClFN3O3. The summed E-state index contributed by atoms with van der Waals surface area (Å²) in [6.45, 7) is 6.69. The van der Waals surface area contributed by atoms with Gasteiger partial charge in [-0.1, -0.05) is 18.2 Å². The minimum atomic E-state index is -0.196. The molecule has 35 heavy (non-hydrogen) atoms. The summed E-state index contributed by atoms with van der Waals surface area (Å²) in [4.78, 5) is 15.6. The lowest BCUT2D eigenvalue weighted by atomic mass is 9.88. The fourth-order valence-electron chi connectivity index (χ4n) is 4.81. The summed E-state index contributed by atoms with van der Waals surface area (Å²) in [7, 11) is 1.67. The van der Waals surface area contributed by atoms with Crippen molar-refractivity contribution in [2.24, 2.45) is 5.73 Å². The largest absolute Gasteiger partial charge is 0.490 e. The molecule has 3 aromatic rings. The van der Waals surface area contributed by atoms with E-state index in [9.17, 15) is 9.18 Å². The van der Waals surface area contributed by atoms with Gasteiger partial charge >= 0.3 is 0 Å². The van der Waals surface area contributed by atoms with E-state index in [0.29, 0.717) is 62.5 Å². The maximum absolute atomic E-state index is 14.5. The van der Waals surface area contributed by atoms with Crippen molar-refractivity contribution in [1.82, 2.24) is 9.47 Å².